The fourth-order valence-electron chi connectivity index (χ4n) is 3.28. The van der Waals surface area contributed by atoms with E-state index in [0.29, 0.717) is 19.2 Å². The van der Waals surface area contributed by atoms with Crippen molar-refractivity contribution in [2.75, 3.05) is 0 Å². The van der Waals surface area contributed by atoms with Crippen LogP contribution < -0.4 is 14.4 Å². The summed E-state index contributed by atoms with van der Waals surface area (Å²) in [5.41, 5.74) is 0. The summed E-state index contributed by atoms with van der Waals surface area (Å²) in [6.07, 6.45) is 0. The maximum atomic E-state index is 15.2. The molecule has 0 aliphatic carbocycles. The van der Waals surface area contributed by atoms with E-state index in [4.69, 9.17) is 6.64 Å². The first-order chi connectivity index (χ1) is 13.7. The molecule has 0 bridgehead atoms. The third-order valence-electron chi connectivity index (χ3n) is 4.64. The van der Waals surface area contributed by atoms with E-state index in [9.17, 15) is 0 Å². The van der Waals surface area contributed by atoms with Gasteiger partial charge in [0, 0.05) is 0 Å². The predicted molar refractivity (Wildman–Crippen MR) is 107 cm³/mol. The van der Waals surface area contributed by atoms with Crippen LogP contribution in [-0.2, 0) is 19.4 Å². The van der Waals surface area contributed by atoms with Crippen LogP contribution >= 0.6 is 0 Å². The van der Waals surface area contributed by atoms with Gasteiger partial charge in [0.1, 0.15) is 0 Å². The Labute approximate surface area is 166 Å². The predicted octanol–water partition coefficient (Wildman–Crippen LogP) is 4.66. The third-order valence-corrected chi connectivity index (χ3v) is 10.7. The molecule has 0 atom stereocenters. The summed E-state index contributed by atoms with van der Waals surface area (Å²) in [6.45, 7) is 0. The Kier molecular flexibility index (Phi) is 4.95. The summed E-state index contributed by atoms with van der Waals surface area (Å²) < 4.78 is 29.0. The molecule has 0 heterocycles. The zero-order valence-corrected chi connectivity index (χ0v) is 16.8. The van der Waals surface area contributed by atoms with Crippen LogP contribution in [0.2, 0.25) is 0 Å². The van der Waals surface area contributed by atoms with E-state index < -0.39 is 16.1 Å². The van der Waals surface area contributed by atoms with Crippen molar-refractivity contribution < 1.29 is 26.0 Å². The van der Waals surface area contributed by atoms with Crippen molar-refractivity contribution in [1.29, 1.82) is 0 Å². The monoisotopic (exact) mass is 404 g/mol. The Balaban J connectivity index is 2.01. The van der Waals surface area contributed by atoms with Crippen molar-refractivity contribution in [2.45, 2.75) is 0 Å². The summed E-state index contributed by atoms with van der Waals surface area (Å²) in [5, 5.41) is 0. The van der Waals surface area contributed by atoms with Crippen LogP contribution in [0.4, 0.5) is 0 Å². The molecule has 4 aromatic carbocycles. The van der Waals surface area contributed by atoms with Crippen LogP contribution in [0.15, 0.2) is 121 Å². The van der Waals surface area contributed by atoms with Gasteiger partial charge in [-0.25, -0.2) is 0 Å². The van der Waals surface area contributed by atoms with Gasteiger partial charge < -0.3 is 0 Å². The Morgan fingerprint density at radius 3 is 1.04 bits per heavy atom. The van der Waals surface area contributed by atoms with Crippen molar-refractivity contribution in [1.82, 2.24) is 0 Å². The molecule has 0 unspecified atom stereocenters. The molecule has 0 saturated carbocycles. The quantitative estimate of drug-likeness (QED) is 0.439. The molecule has 0 fully saturated rings. The second-order valence-electron chi connectivity index (χ2n) is 6.55. The summed E-state index contributed by atoms with van der Waals surface area (Å²) in [7, 11) is 0. The number of rotatable bonds is 6. The van der Waals surface area contributed by atoms with E-state index in [-0.39, 0.29) is 0 Å². The summed E-state index contributed by atoms with van der Waals surface area (Å²) in [4.78, 5) is 0. The molecule has 0 saturated heterocycles. The van der Waals surface area contributed by atoms with Gasteiger partial charge in [0.15, 0.2) is 0 Å². The third kappa shape index (κ3) is 3.42. The first kappa shape index (κ1) is 18.4. The molecule has 0 radical (unpaired) electrons. The van der Waals surface area contributed by atoms with Crippen molar-refractivity contribution in [3.05, 3.63) is 121 Å². The molecule has 0 N–H and O–H groups in total. The normalized spacial score (nSPS) is 11.6. The van der Waals surface area contributed by atoms with Gasteiger partial charge in [0.25, 0.3) is 0 Å². The van der Waals surface area contributed by atoms with Crippen LogP contribution in [0.1, 0.15) is 0 Å². The Bertz CT molecular complexity index is 1000. The van der Waals surface area contributed by atoms with Crippen molar-refractivity contribution in [2.24, 2.45) is 0 Å². The van der Waals surface area contributed by atoms with Gasteiger partial charge in [0.05, 0.1) is 0 Å². The van der Waals surface area contributed by atoms with Gasteiger partial charge in [-0.05, 0) is 0 Å². The first-order valence-corrected chi connectivity index (χ1v) is 12.6. The van der Waals surface area contributed by atoms with E-state index >= 15 is 3.32 Å². The Hall–Kier alpha value is -3.01. The average Bonchev–Trinajstić information content (AvgIpc) is 2.76. The molecule has 138 valence electrons. The molecule has 0 aliphatic heterocycles. The summed E-state index contributed by atoms with van der Waals surface area (Å²) in [5.74, 6) is 0.997. The van der Waals surface area contributed by atoms with Crippen molar-refractivity contribution in [3.8, 4) is 11.5 Å². The fraction of sp³-hybridized carbons (Fsp3) is 0. The number of benzene rings is 4. The van der Waals surface area contributed by atoms with Gasteiger partial charge in [-0.2, -0.15) is 0 Å². The van der Waals surface area contributed by atoms with Gasteiger partial charge in [-0.3, -0.25) is 0 Å². The van der Waals surface area contributed by atoms with E-state index in [1.54, 1.807) is 24.3 Å². The van der Waals surface area contributed by atoms with E-state index in [1.165, 1.54) is 0 Å². The van der Waals surface area contributed by atoms with E-state index in [1.807, 2.05) is 97.1 Å². The molecule has 4 rings (SSSR count). The molecule has 0 aromatic heterocycles. The van der Waals surface area contributed by atoms with Gasteiger partial charge in [0.2, 0.25) is 0 Å². The zero-order chi connectivity index (χ0) is 19.3. The number of hydrogen-bond acceptors (Lipinski definition) is 3. The Morgan fingerprint density at radius 2 is 0.714 bits per heavy atom. The van der Waals surface area contributed by atoms with Gasteiger partial charge >= 0.3 is 167 Å². The van der Waals surface area contributed by atoms with Crippen molar-refractivity contribution >= 4 is 7.74 Å². The molecule has 28 heavy (non-hydrogen) atoms. The van der Waals surface area contributed by atoms with Crippen LogP contribution in [-0.4, -0.2) is 0 Å². The summed E-state index contributed by atoms with van der Waals surface area (Å²) >= 11 is -5.70. The minimum atomic E-state index is -5.70. The van der Waals surface area contributed by atoms with Gasteiger partial charge in [-0.15, -0.1) is 0 Å². The minimum absolute atomic E-state index is 0.498. The maximum absolute atomic E-state index is 15.2. The zero-order valence-electron chi connectivity index (χ0n) is 15.3. The first-order valence-electron chi connectivity index (χ1n) is 9.16. The molecule has 0 spiro atoms. The van der Waals surface area contributed by atoms with Crippen LogP contribution in [0, 0.1) is 0 Å². The topological polar surface area (TPSA) is 35.5 Å². The molecular weight excluding hydrogens is 384 g/mol. The van der Waals surface area contributed by atoms with Gasteiger partial charge in [-0.1, -0.05) is 0 Å². The molecule has 0 amide bonds. The number of hydrogen-bond donors (Lipinski definition) is 0. The second kappa shape index (κ2) is 7.55. The molecule has 4 aromatic rings. The molecule has 4 heteroatoms. The average molecular weight is 404 g/mol. The van der Waals surface area contributed by atoms with E-state index in [0.717, 1.165) is 0 Å². The molecular formula is C24H20O3Ti. The fourth-order valence-corrected chi connectivity index (χ4v) is 8.76. The van der Waals surface area contributed by atoms with Crippen LogP contribution in [0.3, 0.4) is 0 Å². The Morgan fingerprint density at radius 1 is 0.429 bits per heavy atom. The van der Waals surface area contributed by atoms with Crippen molar-refractivity contribution in [3.63, 3.8) is 0 Å². The van der Waals surface area contributed by atoms with E-state index in [2.05, 4.69) is 0 Å². The van der Waals surface area contributed by atoms with Crippen LogP contribution in [0.25, 0.3) is 0 Å². The molecule has 3 nitrogen and oxygen atoms in total. The standard InChI is InChI=1S/2C6H6O.2C6H5.O.Ti/c2*7-6-4-2-1-3-5-6;2*1-2-4-6-5-3-1;;/h2*1-5,7H;2*1-5H;;/q;;;;;+2/p-2. The van der Waals surface area contributed by atoms with Crippen LogP contribution in [0.5, 0.6) is 11.5 Å². The second-order valence-corrected chi connectivity index (χ2v) is 12.1. The summed E-state index contributed by atoms with van der Waals surface area (Å²) in [6, 6.07) is 36.8. The number of para-hydroxylation sites is 2. The molecule has 0 aliphatic rings. The SMILES string of the molecule is [O]=[Ti]([O]c1ccccc1)([O]c1ccccc1)([c]1ccccc1)[c]1ccccc1.